The molecule has 1 N–H and O–H groups in total. The largest absolute Gasteiger partial charge is 0.478 e. The zero-order valence-corrected chi connectivity index (χ0v) is 11.5. The zero-order valence-electron chi connectivity index (χ0n) is 11.5. The monoisotopic (exact) mass is 246 g/mol. The highest BCUT2D eigenvalue weighted by molar-refractivity contribution is 5.90. The predicted molar refractivity (Wildman–Crippen MR) is 79.5 cm³/mol. The highest BCUT2D eigenvalue weighted by Gasteiger charge is 2.03. The van der Waals surface area contributed by atoms with Crippen molar-refractivity contribution >= 4 is 5.97 Å². The summed E-state index contributed by atoms with van der Waals surface area (Å²) in [6, 6.07) is 0. The van der Waals surface area contributed by atoms with Gasteiger partial charge in [0.1, 0.15) is 0 Å². The van der Waals surface area contributed by atoms with Gasteiger partial charge in [0.2, 0.25) is 0 Å². The molecule has 0 atom stereocenters. The first-order chi connectivity index (χ1) is 8.38. The highest BCUT2D eigenvalue weighted by Crippen LogP contribution is 2.12. The van der Waals surface area contributed by atoms with Crippen molar-refractivity contribution in [1.29, 1.82) is 0 Å². The van der Waals surface area contributed by atoms with Crippen LogP contribution in [0.2, 0.25) is 0 Å². The third kappa shape index (κ3) is 8.11. The Morgan fingerprint density at radius 2 is 1.56 bits per heavy atom. The van der Waals surface area contributed by atoms with E-state index < -0.39 is 5.97 Å². The fourth-order valence-corrected chi connectivity index (χ4v) is 0.838. The predicted octanol–water partition coefficient (Wildman–Crippen LogP) is 4.45. The molecule has 0 aliphatic heterocycles. The third-order valence-corrected chi connectivity index (χ3v) is 1.78. The Balaban J connectivity index is 0. The molecule has 0 aromatic heterocycles. The number of carboxylic acid groups (broad SMARTS) is 1. The van der Waals surface area contributed by atoms with Crippen molar-refractivity contribution in [2.45, 2.75) is 20.8 Å². The molecular formula is C16H22O2. The number of hydrogen-bond donors (Lipinski definition) is 1. The Bertz CT molecular complexity index is 407. The maximum atomic E-state index is 10.7. The summed E-state index contributed by atoms with van der Waals surface area (Å²) in [4.78, 5) is 10.7. The van der Waals surface area contributed by atoms with Gasteiger partial charge in [-0.15, -0.1) is 0 Å². The molecule has 0 amide bonds. The Kier molecular flexibility index (Phi) is 10.2. The van der Waals surface area contributed by atoms with E-state index in [1.165, 1.54) is 12.2 Å². The van der Waals surface area contributed by atoms with Crippen LogP contribution in [-0.4, -0.2) is 11.1 Å². The number of carbonyl (C=O) groups is 1. The average molecular weight is 246 g/mol. The average Bonchev–Trinajstić information content (AvgIpc) is 2.34. The molecule has 98 valence electrons. The van der Waals surface area contributed by atoms with Crippen LogP contribution in [0.15, 0.2) is 72.9 Å². The second kappa shape index (κ2) is 10.1. The van der Waals surface area contributed by atoms with Crippen LogP contribution in [0.25, 0.3) is 0 Å². The van der Waals surface area contributed by atoms with Gasteiger partial charge in [0.05, 0.1) is 5.57 Å². The molecular weight excluding hydrogens is 224 g/mol. The van der Waals surface area contributed by atoms with E-state index in [1.807, 2.05) is 20.8 Å². The second-order valence-electron chi connectivity index (χ2n) is 3.34. The molecule has 18 heavy (non-hydrogen) atoms. The van der Waals surface area contributed by atoms with E-state index in [4.69, 9.17) is 5.11 Å². The van der Waals surface area contributed by atoms with Crippen molar-refractivity contribution in [2.75, 3.05) is 0 Å². The van der Waals surface area contributed by atoms with Gasteiger partial charge in [-0.05, 0) is 24.1 Å². The van der Waals surface area contributed by atoms with Gasteiger partial charge in [0, 0.05) is 0 Å². The van der Waals surface area contributed by atoms with Gasteiger partial charge >= 0.3 is 5.97 Å². The van der Waals surface area contributed by atoms with E-state index in [0.717, 1.165) is 5.57 Å². The van der Waals surface area contributed by atoms with E-state index >= 15 is 0 Å². The summed E-state index contributed by atoms with van der Waals surface area (Å²) in [5, 5.41) is 8.78. The van der Waals surface area contributed by atoms with Crippen molar-refractivity contribution < 1.29 is 9.90 Å². The number of rotatable bonds is 6. The Morgan fingerprint density at radius 3 is 1.89 bits per heavy atom. The van der Waals surface area contributed by atoms with Crippen LogP contribution in [0, 0.1) is 0 Å². The van der Waals surface area contributed by atoms with Gasteiger partial charge in [-0.2, -0.15) is 0 Å². The van der Waals surface area contributed by atoms with Crippen molar-refractivity contribution in [2.24, 2.45) is 0 Å². The highest BCUT2D eigenvalue weighted by atomic mass is 16.4. The van der Waals surface area contributed by atoms with Crippen LogP contribution in [-0.2, 0) is 4.79 Å². The molecule has 0 fully saturated rings. The summed E-state index contributed by atoms with van der Waals surface area (Å²) >= 11 is 0. The molecule has 0 spiro atoms. The first-order valence-corrected chi connectivity index (χ1v) is 5.67. The summed E-state index contributed by atoms with van der Waals surface area (Å²) in [6.45, 7) is 20.5. The molecule has 0 aliphatic carbocycles. The lowest BCUT2D eigenvalue weighted by Gasteiger charge is -2.00. The lowest BCUT2D eigenvalue weighted by atomic mass is 10.1. The maximum absolute atomic E-state index is 10.7. The first-order valence-electron chi connectivity index (χ1n) is 5.67. The van der Waals surface area contributed by atoms with Gasteiger partial charge in [-0.3, -0.25) is 0 Å². The van der Waals surface area contributed by atoms with E-state index in [0.29, 0.717) is 11.1 Å². The fraction of sp³-hybridized carbons (Fsp3) is 0.188. The van der Waals surface area contributed by atoms with Gasteiger partial charge in [0.15, 0.2) is 0 Å². The summed E-state index contributed by atoms with van der Waals surface area (Å²) in [5.41, 5.74) is 2.16. The molecule has 0 saturated heterocycles. The normalized spacial score (nSPS) is 10.3. The van der Waals surface area contributed by atoms with Gasteiger partial charge < -0.3 is 5.11 Å². The minimum atomic E-state index is -1.03. The molecule has 2 nitrogen and oxygen atoms in total. The van der Waals surface area contributed by atoms with Crippen LogP contribution < -0.4 is 0 Å². The van der Waals surface area contributed by atoms with E-state index in [1.54, 1.807) is 12.2 Å². The summed E-state index contributed by atoms with van der Waals surface area (Å²) in [6.07, 6.45) is 6.23. The summed E-state index contributed by atoms with van der Waals surface area (Å²) in [5.74, 6) is -1.03. The quantitative estimate of drug-likeness (QED) is 0.555. The second-order valence-corrected chi connectivity index (χ2v) is 3.34. The van der Waals surface area contributed by atoms with Crippen LogP contribution in [0.1, 0.15) is 20.8 Å². The van der Waals surface area contributed by atoms with Crippen molar-refractivity contribution in [1.82, 2.24) is 0 Å². The molecule has 0 aromatic rings. The lowest BCUT2D eigenvalue weighted by Crippen LogP contribution is -1.97. The van der Waals surface area contributed by atoms with Crippen LogP contribution in [0.5, 0.6) is 0 Å². The Morgan fingerprint density at radius 1 is 1.06 bits per heavy atom. The number of carboxylic acids is 1. The molecule has 0 bridgehead atoms. The van der Waals surface area contributed by atoms with Crippen molar-refractivity contribution in [3.63, 3.8) is 0 Å². The number of allylic oxidation sites excluding steroid dienone is 6. The molecule has 0 saturated carbocycles. The molecule has 0 aliphatic rings. The molecule has 0 radical (unpaired) electrons. The van der Waals surface area contributed by atoms with Gasteiger partial charge in [-0.1, -0.05) is 64.0 Å². The minimum Gasteiger partial charge on any atom is -0.478 e. The molecule has 0 rings (SSSR count). The van der Waals surface area contributed by atoms with Gasteiger partial charge in [0.25, 0.3) is 0 Å². The topological polar surface area (TPSA) is 37.3 Å². The first kappa shape index (κ1) is 18.3. The van der Waals surface area contributed by atoms with Crippen molar-refractivity contribution in [3.8, 4) is 0 Å². The zero-order chi connectivity index (χ0) is 14.7. The van der Waals surface area contributed by atoms with E-state index in [9.17, 15) is 4.79 Å². The van der Waals surface area contributed by atoms with Crippen LogP contribution in [0.4, 0.5) is 0 Å². The number of hydrogen-bond acceptors (Lipinski definition) is 1. The minimum absolute atomic E-state index is 0.0925. The third-order valence-electron chi connectivity index (χ3n) is 1.78. The maximum Gasteiger partial charge on any atom is 0.335 e. The van der Waals surface area contributed by atoms with Crippen molar-refractivity contribution in [3.05, 3.63) is 72.9 Å². The molecule has 0 heterocycles. The van der Waals surface area contributed by atoms with E-state index in [-0.39, 0.29) is 5.57 Å². The molecule has 0 unspecified atom stereocenters. The SMILES string of the molecule is C=C/C(=C\C(=C)C(=C)/C=C\C(=C)C)C(=O)O.CC. The lowest BCUT2D eigenvalue weighted by molar-refractivity contribution is -0.132. The fourth-order valence-electron chi connectivity index (χ4n) is 0.838. The van der Waals surface area contributed by atoms with Crippen LogP contribution in [0.3, 0.4) is 0 Å². The Hall–Kier alpha value is -2.09. The molecule has 0 aromatic carbocycles. The van der Waals surface area contributed by atoms with Gasteiger partial charge in [-0.25, -0.2) is 4.79 Å². The standard InChI is InChI=1S/C14H16O2.C2H6/c1-6-13(14(15)16)9-12(5)11(4)8-7-10(2)3;1-2/h6-9H,1-2,4-5H2,3H3,(H,15,16);1-2H3/b8-7-,13-9+;. The number of aliphatic carboxylic acids is 1. The summed E-state index contributed by atoms with van der Waals surface area (Å²) in [7, 11) is 0. The smallest absolute Gasteiger partial charge is 0.335 e. The summed E-state index contributed by atoms with van der Waals surface area (Å²) < 4.78 is 0. The molecule has 2 heteroatoms. The van der Waals surface area contributed by atoms with E-state index in [2.05, 4.69) is 26.3 Å². The van der Waals surface area contributed by atoms with Crippen LogP contribution >= 0.6 is 0 Å². The Labute approximate surface area is 110 Å².